The Morgan fingerprint density at radius 2 is 1.93 bits per heavy atom. The van der Waals surface area contributed by atoms with Gasteiger partial charge in [0, 0.05) is 31.0 Å². The van der Waals surface area contributed by atoms with Gasteiger partial charge in [0.1, 0.15) is 5.75 Å². The lowest BCUT2D eigenvalue weighted by Gasteiger charge is -2.18. The molecule has 1 atom stereocenters. The van der Waals surface area contributed by atoms with Crippen LogP contribution < -0.4 is 15.4 Å². The number of aryl methyl sites for hydroxylation is 1. The summed E-state index contributed by atoms with van der Waals surface area (Å²) in [5.74, 6) is 0.770. The van der Waals surface area contributed by atoms with E-state index in [2.05, 4.69) is 27.8 Å². The van der Waals surface area contributed by atoms with Crippen LogP contribution >= 0.6 is 0 Å². The average Bonchev–Trinajstić information content (AvgIpc) is 3.20. The van der Waals surface area contributed by atoms with E-state index in [9.17, 15) is 4.79 Å². The molecule has 2 aromatic carbocycles. The summed E-state index contributed by atoms with van der Waals surface area (Å²) in [7, 11) is 1.64. The summed E-state index contributed by atoms with van der Waals surface area (Å²) in [6.07, 6.45) is 5.50. The zero-order valence-corrected chi connectivity index (χ0v) is 16.5. The van der Waals surface area contributed by atoms with E-state index < -0.39 is 0 Å². The van der Waals surface area contributed by atoms with Crippen molar-refractivity contribution in [2.24, 2.45) is 0 Å². The van der Waals surface area contributed by atoms with E-state index in [4.69, 9.17) is 4.74 Å². The fraction of sp³-hybridized carbons (Fsp3) is 0.273. The second-order valence-corrected chi connectivity index (χ2v) is 6.85. The van der Waals surface area contributed by atoms with Gasteiger partial charge in [0.2, 0.25) is 0 Å². The number of amides is 2. The van der Waals surface area contributed by atoms with Crippen LogP contribution in [0.4, 0.5) is 4.79 Å². The maximum atomic E-state index is 12.3. The van der Waals surface area contributed by atoms with Crippen LogP contribution in [0.3, 0.4) is 0 Å². The number of nitrogens with one attached hydrogen (secondary N) is 2. The molecule has 0 aliphatic heterocycles. The number of benzene rings is 2. The van der Waals surface area contributed by atoms with Gasteiger partial charge in [-0.25, -0.2) is 9.78 Å². The summed E-state index contributed by atoms with van der Waals surface area (Å²) in [6, 6.07) is 13.8. The fourth-order valence-electron chi connectivity index (χ4n) is 3.05. The molecule has 6 nitrogen and oxygen atoms in total. The Bertz CT molecular complexity index is 905. The maximum absolute atomic E-state index is 12.3. The molecule has 0 bridgehead atoms. The molecule has 0 saturated carbocycles. The number of aromatic nitrogens is 2. The van der Waals surface area contributed by atoms with Gasteiger partial charge in [-0.1, -0.05) is 42.0 Å². The third-order valence-corrected chi connectivity index (χ3v) is 4.60. The third kappa shape index (κ3) is 5.13. The smallest absolute Gasteiger partial charge is 0.315 e. The number of imidazole rings is 1. The summed E-state index contributed by atoms with van der Waals surface area (Å²) in [6.45, 7) is 5.22. The molecular formula is C22H26N4O2. The highest BCUT2D eigenvalue weighted by molar-refractivity contribution is 5.74. The number of urea groups is 1. The van der Waals surface area contributed by atoms with Crippen LogP contribution in [0, 0.1) is 6.92 Å². The van der Waals surface area contributed by atoms with Crippen LogP contribution in [0.5, 0.6) is 5.75 Å². The minimum Gasteiger partial charge on any atom is -0.496 e. The predicted molar refractivity (Wildman–Crippen MR) is 109 cm³/mol. The van der Waals surface area contributed by atoms with Crippen LogP contribution in [-0.4, -0.2) is 22.7 Å². The Morgan fingerprint density at radius 1 is 1.18 bits per heavy atom. The lowest BCUT2D eigenvalue weighted by Crippen LogP contribution is -2.36. The number of methoxy groups -OCH3 is 1. The van der Waals surface area contributed by atoms with Crippen LogP contribution in [0.15, 0.2) is 61.2 Å². The SMILES string of the molecule is COc1ccc(C)cc1C(C)NC(=O)NCc1ccc(Cn2ccnc2)cc1. The molecule has 0 aliphatic rings. The van der Waals surface area contributed by atoms with Crippen LogP contribution in [-0.2, 0) is 13.1 Å². The normalized spacial score (nSPS) is 11.7. The van der Waals surface area contributed by atoms with E-state index in [1.54, 1.807) is 19.6 Å². The van der Waals surface area contributed by atoms with Gasteiger partial charge in [0.05, 0.1) is 19.5 Å². The summed E-state index contributed by atoms with van der Waals surface area (Å²) in [5.41, 5.74) is 4.32. The first-order chi connectivity index (χ1) is 13.5. The second-order valence-electron chi connectivity index (χ2n) is 6.85. The molecule has 0 saturated heterocycles. The Morgan fingerprint density at radius 3 is 2.61 bits per heavy atom. The summed E-state index contributed by atoms with van der Waals surface area (Å²) in [4.78, 5) is 16.3. The number of hydrogen-bond donors (Lipinski definition) is 2. The molecule has 0 aliphatic carbocycles. The van der Waals surface area contributed by atoms with Crippen molar-refractivity contribution in [3.8, 4) is 5.75 Å². The second kappa shape index (κ2) is 9.08. The molecule has 6 heteroatoms. The van der Waals surface area contributed by atoms with Crippen molar-refractivity contribution in [1.82, 2.24) is 20.2 Å². The van der Waals surface area contributed by atoms with E-state index in [1.165, 1.54) is 5.56 Å². The molecule has 1 unspecified atom stereocenters. The molecule has 3 aromatic rings. The zero-order valence-electron chi connectivity index (χ0n) is 16.5. The van der Waals surface area contributed by atoms with Crippen molar-refractivity contribution in [1.29, 1.82) is 0 Å². The lowest BCUT2D eigenvalue weighted by atomic mass is 10.0. The summed E-state index contributed by atoms with van der Waals surface area (Å²) >= 11 is 0. The first-order valence-electron chi connectivity index (χ1n) is 9.27. The molecule has 3 rings (SSSR count). The molecule has 0 radical (unpaired) electrons. The Labute approximate surface area is 165 Å². The van der Waals surface area contributed by atoms with E-state index in [1.807, 2.05) is 54.9 Å². The molecular weight excluding hydrogens is 352 g/mol. The number of rotatable bonds is 7. The monoisotopic (exact) mass is 378 g/mol. The molecule has 2 amide bonds. The first kappa shape index (κ1) is 19.5. The molecule has 1 aromatic heterocycles. The largest absolute Gasteiger partial charge is 0.496 e. The minimum absolute atomic E-state index is 0.160. The van der Waals surface area contributed by atoms with Gasteiger partial charge in [-0.05, 0) is 31.0 Å². The molecule has 1 heterocycles. The highest BCUT2D eigenvalue weighted by Crippen LogP contribution is 2.25. The van der Waals surface area contributed by atoms with Gasteiger partial charge < -0.3 is 19.9 Å². The first-order valence-corrected chi connectivity index (χ1v) is 9.27. The van der Waals surface area contributed by atoms with E-state index in [0.29, 0.717) is 6.54 Å². The van der Waals surface area contributed by atoms with Crippen molar-refractivity contribution in [2.75, 3.05) is 7.11 Å². The van der Waals surface area contributed by atoms with Crippen molar-refractivity contribution in [3.05, 3.63) is 83.4 Å². The van der Waals surface area contributed by atoms with Crippen molar-refractivity contribution >= 4 is 6.03 Å². The molecule has 146 valence electrons. The lowest BCUT2D eigenvalue weighted by molar-refractivity contribution is 0.237. The van der Waals surface area contributed by atoms with Gasteiger partial charge in [-0.2, -0.15) is 0 Å². The number of hydrogen-bond acceptors (Lipinski definition) is 3. The molecule has 2 N–H and O–H groups in total. The highest BCUT2D eigenvalue weighted by atomic mass is 16.5. The van der Waals surface area contributed by atoms with E-state index >= 15 is 0 Å². The maximum Gasteiger partial charge on any atom is 0.315 e. The number of ether oxygens (including phenoxy) is 1. The van der Waals surface area contributed by atoms with Crippen LogP contribution in [0.1, 0.15) is 35.2 Å². The predicted octanol–water partition coefficient (Wildman–Crippen LogP) is 3.81. The number of carbonyl (C=O) groups excluding carboxylic acids is 1. The van der Waals surface area contributed by atoms with Gasteiger partial charge >= 0.3 is 6.03 Å². The van der Waals surface area contributed by atoms with Gasteiger partial charge in [0.25, 0.3) is 0 Å². The van der Waals surface area contributed by atoms with E-state index in [0.717, 1.165) is 29.0 Å². The quantitative estimate of drug-likeness (QED) is 0.657. The molecule has 0 spiro atoms. The third-order valence-electron chi connectivity index (χ3n) is 4.60. The summed E-state index contributed by atoms with van der Waals surface area (Å²) < 4.78 is 7.42. The van der Waals surface area contributed by atoms with E-state index in [-0.39, 0.29) is 12.1 Å². The topological polar surface area (TPSA) is 68.2 Å². The van der Waals surface area contributed by atoms with Crippen molar-refractivity contribution < 1.29 is 9.53 Å². The average molecular weight is 378 g/mol. The zero-order chi connectivity index (χ0) is 19.9. The standard InChI is InChI=1S/C22H26N4O2/c1-16-4-9-21(28-3)20(12-16)17(2)25-22(27)24-13-18-5-7-19(8-6-18)14-26-11-10-23-15-26/h4-12,15,17H,13-14H2,1-3H3,(H2,24,25,27). The van der Waals surface area contributed by atoms with Gasteiger partial charge in [-0.3, -0.25) is 0 Å². The summed E-state index contributed by atoms with van der Waals surface area (Å²) in [5, 5.41) is 5.88. The highest BCUT2D eigenvalue weighted by Gasteiger charge is 2.14. The molecule has 28 heavy (non-hydrogen) atoms. The van der Waals surface area contributed by atoms with Gasteiger partial charge in [0.15, 0.2) is 0 Å². The van der Waals surface area contributed by atoms with Crippen LogP contribution in [0.2, 0.25) is 0 Å². The fourth-order valence-corrected chi connectivity index (χ4v) is 3.05. The van der Waals surface area contributed by atoms with Crippen molar-refractivity contribution in [2.45, 2.75) is 33.0 Å². The minimum atomic E-state index is -0.210. The Kier molecular flexibility index (Phi) is 6.32. The number of nitrogens with zero attached hydrogens (tertiary/aromatic N) is 2. The Hall–Kier alpha value is -3.28. The van der Waals surface area contributed by atoms with Crippen LogP contribution in [0.25, 0.3) is 0 Å². The van der Waals surface area contributed by atoms with Gasteiger partial charge in [-0.15, -0.1) is 0 Å². The Balaban J connectivity index is 1.52. The molecule has 0 fully saturated rings. The van der Waals surface area contributed by atoms with Crippen molar-refractivity contribution in [3.63, 3.8) is 0 Å². The number of carbonyl (C=O) groups is 1.